The molecule has 1 amide bonds. The van der Waals surface area contributed by atoms with Crippen molar-refractivity contribution >= 4 is 28.4 Å². The van der Waals surface area contributed by atoms with E-state index in [1.807, 2.05) is 0 Å². The van der Waals surface area contributed by atoms with Crippen molar-refractivity contribution in [2.75, 3.05) is 0 Å². The number of fused-ring (bicyclic) bond motifs is 1. The first-order valence-corrected chi connectivity index (χ1v) is 5.30. The van der Waals surface area contributed by atoms with Gasteiger partial charge >= 0.3 is 0 Å². The smallest absolute Gasteiger partial charge is 0.249 e. The number of hydrogen-bond acceptors (Lipinski definition) is 3. The van der Waals surface area contributed by atoms with Crippen molar-refractivity contribution in [1.29, 1.82) is 0 Å². The molecule has 6 heteroatoms. The van der Waals surface area contributed by atoms with Crippen LogP contribution in [0.15, 0.2) is 24.4 Å². The summed E-state index contributed by atoms with van der Waals surface area (Å²) in [6.07, 6.45) is -1.38. The third-order valence-electron chi connectivity index (χ3n) is 2.58. The Kier molecular flexibility index (Phi) is 3.06. The van der Waals surface area contributed by atoms with Gasteiger partial charge in [-0.1, -0.05) is 11.6 Å². The van der Waals surface area contributed by atoms with Gasteiger partial charge in [-0.2, -0.15) is 0 Å². The highest BCUT2D eigenvalue weighted by molar-refractivity contribution is 6.32. The lowest BCUT2D eigenvalue weighted by Gasteiger charge is -2.16. The van der Waals surface area contributed by atoms with Crippen LogP contribution >= 0.6 is 11.6 Å². The topological polar surface area (TPSA) is 99.3 Å². The Morgan fingerprint density at radius 2 is 2.12 bits per heavy atom. The molecule has 17 heavy (non-hydrogen) atoms. The zero-order chi connectivity index (χ0) is 12.6. The average Bonchev–Trinajstić information content (AvgIpc) is 2.72. The summed E-state index contributed by atoms with van der Waals surface area (Å²) in [7, 11) is 0. The highest BCUT2D eigenvalue weighted by Gasteiger charge is 2.25. The van der Waals surface area contributed by atoms with Gasteiger partial charge in [0.25, 0.3) is 0 Å². The van der Waals surface area contributed by atoms with Crippen molar-refractivity contribution in [3.63, 3.8) is 0 Å². The Balaban J connectivity index is 2.46. The van der Waals surface area contributed by atoms with E-state index in [1.165, 1.54) is 0 Å². The molecule has 0 spiro atoms. The van der Waals surface area contributed by atoms with Crippen LogP contribution in [-0.4, -0.2) is 27.2 Å². The fourth-order valence-electron chi connectivity index (χ4n) is 1.64. The maximum Gasteiger partial charge on any atom is 0.249 e. The molecular formula is C11H11ClN2O3. The summed E-state index contributed by atoms with van der Waals surface area (Å²) >= 11 is 5.96. The largest absolute Gasteiger partial charge is 0.385 e. The fraction of sp³-hybridized carbons (Fsp3) is 0.182. The number of nitrogens with one attached hydrogen (secondary N) is 1. The first kappa shape index (κ1) is 11.9. The molecule has 0 fully saturated rings. The number of amides is 1. The minimum atomic E-state index is -1.68. The van der Waals surface area contributed by atoms with Crippen LogP contribution in [0.2, 0.25) is 5.02 Å². The second-order valence-electron chi connectivity index (χ2n) is 3.73. The number of benzene rings is 1. The Morgan fingerprint density at radius 3 is 2.76 bits per heavy atom. The number of nitrogens with two attached hydrogens (primary N) is 1. The van der Waals surface area contributed by atoms with Crippen LogP contribution in [0.5, 0.6) is 0 Å². The Morgan fingerprint density at radius 1 is 1.41 bits per heavy atom. The van der Waals surface area contributed by atoms with E-state index >= 15 is 0 Å². The standard InChI is InChI=1S/C11H11ClN2O3/c12-7-4-8-5(1-2-14-8)3-6(7)9(15)10(16)11(13)17/h1-4,9-10,14-16H,(H2,13,17). The van der Waals surface area contributed by atoms with Crippen LogP contribution < -0.4 is 5.73 Å². The molecule has 1 aromatic heterocycles. The third kappa shape index (κ3) is 2.12. The molecule has 0 saturated heterocycles. The van der Waals surface area contributed by atoms with Crippen LogP contribution in [-0.2, 0) is 4.79 Å². The van der Waals surface area contributed by atoms with E-state index in [0.717, 1.165) is 10.9 Å². The van der Waals surface area contributed by atoms with Gasteiger partial charge in [0, 0.05) is 22.3 Å². The van der Waals surface area contributed by atoms with Gasteiger partial charge in [-0.25, -0.2) is 0 Å². The van der Waals surface area contributed by atoms with E-state index in [0.29, 0.717) is 0 Å². The lowest BCUT2D eigenvalue weighted by molar-refractivity contribution is -0.131. The number of aliphatic hydroxyl groups excluding tert-OH is 2. The maximum atomic E-state index is 10.8. The summed E-state index contributed by atoms with van der Waals surface area (Å²) in [5, 5.41) is 20.3. The zero-order valence-electron chi connectivity index (χ0n) is 8.72. The van der Waals surface area contributed by atoms with E-state index in [1.54, 1.807) is 24.4 Å². The first-order chi connectivity index (χ1) is 8.00. The number of carbonyl (C=O) groups is 1. The number of aromatic nitrogens is 1. The summed E-state index contributed by atoms with van der Waals surface area (Å²) in [6.45, 7) is 0. The van der Waals surface area contributed by atoms with Crippen LogP contribution in [0.4, 0.5) is 0 Å². The molecule has 2 rings (SSSR count). The number of hydrogen-bond donors (Lipinski definition) is 4. The van der Waals surface area contributed by atoms with Gasteiger partial charge in [0.15, 0.2) is 6.10 Å². The molecule has 0 aliphatic heterocycles. The predicted octanol–water partition coefficient (Wildman–Crippen LogP) is 0.701. The van der Waals surface area contributed by atoms with Crippen LogP contribution in [0.3, 0.4) is 0 Å². The zero-order valence-corrected chi connectivity index (χ0v) is 9.48. The number of aliphatic hydroxyl groups is 2. The first-order valence-electron chi connectivity index (χ1n) is 4.92. The Hall–Kier alpha value is -1.56. The molecule has 2 atom stereocenters. The van der Waals surface area contributed by atoms with E-state index < -0.39 is 18.1 Å². The van der Waals surface area contributed by atoms with E-state index in [9.17, 15) is 15.0 Å². The lowest BCUT2D eigenvalue weighted by atomic mass is 10.0. The van der Waals surface area contributed by atoms with Crippen LogP contribution in [0.25, 0.3) is 10.9 Å². The maximum absolute atomic E-state index is 10.8. The molecule has 1 heterocycles. The van der Waals surface area contributed by atoms with Crippen molar-refractivity contribution in [3.05, 3.63) is 35.0 Å². The molecule has 0 radical (unpaired) electrons. The molecule has 0 saturated carbocycles. The minimum Gasteiger partial charge on any atom is -0.385 e. The number of rotatable bonds is 3. The molecule has 2 aromatic rings. The molecule has 90 valence electrons. The van der Waals surface area contributed by atoms with Crippen molar-refractivity contribution in [2.24, 2.45) is 5.73 Å². The molecule has 1 aromatic carbocycles. The highest BCUT2D eigenvalue weighted by Crippen LogP contribution is 2.29. The van der Waals surface area contributed by atoms with Gasteiger partial charge in [0.1, 0.15) is 6.10 Å². The summed E-state index contributed by atoms with van der Waals surface area (Å²) in [4.78, 5) is 13.8. The molecule has 5 nitrogen and oxygen atoms in total. The van der Waals surface area contributed by atoms with Crippen LogP contribution in [0, 0.1) is 0 Å². The van der Waals surface area contributed by atoms with Crippen molar-refractivity contribution in [2.45, 2.75) is 12.2 Å². The van der Waals surface area contributed by atoms with Crippen molar-refractivity contribution in [3.8, 4) is 0 Å². The number of carbonyl (C=O) groups excluding carboxylic acids is 1. The molecule has 0 bridgehead atoms. The number of halogens is 1. The highest BCUT2D eigenvalue weighted by atomic mass is 35.5. The van der Waals surface area contributed by atoms with Gasteiger partial charge in [-0.15, -0.1) is 0 Å². The SMILES string of the molecule is NC(=O)C(O)C(O)c1cc2cc[nH]c2cc1Cl. The lowest BCUT2D eigenvalue weighted by Crippen LogP contribution is -2.33. The number of primary amides is 1. The van der Waals surface area contributed by atoms with E-state index in [-0.39, 0.29) is 10.6 Å². The molecule has 5 N–H and O–H groups in total. The summed E-state index contributed by atoms with van der Waals surface area (Å²) in [6, 6.07) is 5.01. The normalized spacial score (nSPS) is 14.8. The monoisotopic (exact) mass is 254 g/mol. The summed E-state index contributed by atoms with van der Waals surface area (Å²) < 4.78 is 0. The molecular weight excluding hydrogens is 244 g/mol. The Bertz CT molecular complexity index is 567. The molecule has 2 unspecified atom stereocenters. The van der Waals surface area contributed by atoms with Gasteiger partial charge < -0.3 is 20.9 Å². The third-order valence-corrected chi connectivity index (χ3v) is 2.91. The quantitative estimate of drug-likeness (QED) is 0.649. The average molecular weight is 255 g/mol. The van der Waals surface area contributed by atoms with E-state index in [4.69, 9.17) is 17.3 Å². The second-order valence-corrected chi connectivity index (χ2v) is 4.14. The summed E-state index contributed by atoms with van der Waals surface area (Å²) in [5.74, 6) is -0.997. The fourth-order valence-corrected chi connectivity index (χ4v) is 1.92. The van der Waals surface area contributed by atoms with Gasteiger partial charge in [-0.3, -0.25) is 4.79 Å². The minimum absolute atomic E-state index is 0.257. The molecule has 0 aliphatic rings. The van der Waals surface area contributed by atoms with Crippen molar-refractivity contribution < 1.29 is 15.0 Å². The van der Waals surface area contributed by atoms with E-state index in [2.05, 4.69) is 4.98 Å². The van der Waals surface area contributed by atoms with Crippen LogP contribution in [0.1, 0.15) is 11.7 Å². The summed E-state index contributed by atoms with van der Waals surface area (Å²) in [5.41, 5.74) is 5.99. The van der Waals surface area contributed by atoms with Gasteiger partial charge in [-0.05, 0) is 23.6 Å². The van der Waals surface area contributed by atoms with Gasteiger partial charge in [0.2, 0.25) is 5.91 Å². The molecule has 0 aliphatic carbocycles. The number of H-pyrrole nitrogens is 1. The second kappa shape index (κ2) is 4.37. The Labute approximate surface area is 102 Å². The van der Waals surface area contributed by atoms with Gasteiger partial charge in [0.05, 0.1) is 0 Å². The number of aromatic amines is 1. The van der Waals surface area contributed by atoms with Crippen molar-refractivity contribution in [1.82, 2.24) is 4.98 Å². The predicted molar refractivity (Wildman–Crippen MR) is 63.5 cm³/mol.